The van der Waals surface area contributed by atoms with Crippen LogP contribution in [0.1, 0.15) is 51.9 Å². The summed E-state index contributed by atoms with van der Waals surface area (Å²) < 4.78 is 0. The first-order valence-corrected chi connectivity index (χ1v) is 8.92. The van der Waals surface area contributed by atoms with Crippen LogP contribution in [0.4, 0.5) is 0 Å². The van der Waals surface area contributed by atoms with Crippen LogP contribution in [0, 0.1) is 11.8 Å². The Balaban J connectivity index is 1.75. The second-order valence-electron chi connectivity index (χ2n) is 6.97. The van der Waals surface area contributed by atoms with Crippen molar-refractivity contribution in [3.63, 3.8) is 0 Å². The fourth-order valence-corrected chi connectivity index (χ4v) is 3.66. The number of hydrogen-bond acceptors (Lipinski definition) is 3. The first kappa shape index (κ1) is 16.8. The number of hydrogen-bond donors (Lipinski definition) is 1. The van der Waals surface area contributed by atoms with Gasteiger partial charge in [-0.3, -0.25) is 4.79 Å². The minimum absolute atomic E-state index is 0.310. The lowest BCUT2D eigenvalue weighted by Gasteiger charge is -2.30. The van der Waals surface area contributed by atoms with Crippen LogP contribution in [0.15, 0.2) is 0 Å². The molecule has 122 valence electrons. The molecule has 1 aliphatic carbocycles. The summed E-state index contributed by atoms with van der Waals surface area (Å²) in [6.45, 7) is 8.30. The molecule has 2 fully saturated rings. The monoisotopic (exact) mass is 295 g/mol. The zero-order valence-corrected chi connectivity index (χ0v) is 13.7. The quantitative estimate of drug-likeness (QED) is 0.790. The van der Waals surface area contributed by atoms with Crippen LogP contribution in [0.5, 0.6) is 0 Å². The fourth-order valence-electron chi connectivity index (χ4n) is 3.66. The van der Waals surface area contributed by atoms with Crippen molar-refractivity contribution in [3.05, 3.63) is 0 Å². The van der Waals surface area contributed by atoms with Gasteiger partial charge in [0.25, 0.3) is 0 Å². The smallest absolute Gasteiger partial charge is 0.225 e. The van der Waals surface area contributed by atoms with Gasteiger partial charge in [-0.15, -0.1) is 0 Å². The average molecular weight is 295 g/mol. The van der Waals surface area contributed by atoms with E-state index >= 15 is 0 Å². The molecule has 0 bridgehead atoms. The molecule has 4 nitrogen and oxygen atoms in total. The summed E-state index contributed by atoms with van der Waals surface area (Å²) in [5.74, 6) is 1.56. The number of rotatable bonds is 5. The molecule has 0 radical (unpaired) electrons. The summed E-state index contributed by atoms with van der Waals surface area (Å²) in [5, 5.41) is 0. The molecule has 0 atom stereocenters. The van der Waals surface area contributed by atoms with Gasteiger partial charge in [0.1, 0.15) is 0 Å². The maximum atomic E-state index is 12.7. The number of nitrogens with two attached hydrogens (primary N) is 1. The summed E-state index contributed by atoms with van der Waals surface area (Å²) in [4.78, 5) is 17.3. The van der Waals surface area contributed by atoms with Crippen molar-refractivity contribution >= 4 is 5.91 Å². The topological polar surface area (TPSA) is 49.6 Å². The third-order valence-corrected chi connectivity index (χ3v) is 5.19. The fraction of sp³-hybridized carbons (Fsp3) is 0.941. The lowest BCUT2D eigenvalue weighted by atomic mass is 9.82. The molecule has 0 aromatic carbocycles. The Morgan fingerprint density at radius 2 is 1.81 bits per heavy atom. The summed E-state index contributed by atoms with van der Waals surface area (Å²) >= 11 is 0. The normalized spacial score (nSPS) is 28.4. The Morgan fingerprint density at radius 3 is 2.52 bits per heavy atom. The first-order chi connectivity index (χ1) is 10.2. The van der Waals surface area contributed by atoms with E-state index in [1.165, 1.54) is 19.3 Å². The van der Waals surface area contributed by atoms with Crippen molar-refractivity contribution in [2.24, 2.45) is 17.6 Å². The van der Waals surface area contributed by atoms with E-state index in [4.69, 9.17) is 5.73 Å². The summed E-state index contributed by atoms with van der Waals surface area (Å²) in [7, 11) is 0. The molecule has 21 heavy (non-hydrogen) atoms. The molecule has 0 spiro atoms. The van der Waals surface area contributed by atoms with Crippen LogP contribution in [0.3, 0.4) is 0 Å². The Bertz CT molecular complexity index is 313. The minimum atomic E-state index is 0.310. The van der Waals surface area contributed by atoms with Gasteiger partial charge in [-0.05, 0) is 70.5 Å². The molecule has 2 aliphatic rings. The van der Waals surface area contributed by atoms with Crippen LogP contribution in [-0.2, 0) is 4.79 Å². The number of amides is 1. The number of nitrogens with zero attached hydrogens (tertiary/aromatic N) is 2. The summed E-state index contributed by atoms with van der Waals surface area (Å²) in [6, 6.07) is 0. The standard InChI is InChI=1S/C17H33N3O/c1-15-5-7-16(8-6-15)17(21)20-12-4-11-19(13-14-20)10-3-2-9-18/h15-16H,2-14,18H2,1H3. The predicted octanol–water partition coefficient (Wildman–Crippen LogP) is 2.09. The second-order valence-corrected chi connectivity index (χ2v) is 6.97. The van der Waals surface area contributed by atoms with Crippen LogP contribution in [0.25, 0.3) is 0 Å². The van der Waals surface area contributed by atoms with Crippen molar-refractivity contribution in [3.8, 4) is 0 Å². The van der Waals surface area contributed by atoms with Gasteiger partial charge in [-0.25, -0.2) is 0 Å². The van der Waals surface area contributed by atoms with E-state index in [2.05, 4.69) is 16.7 Å². The van der Waals surface area contributed by atoms with Crippen LogP contribution in [-0.4, -0.2) is 55.0 Å². The molecule has 1 amide bonds. The SMILES string of the molecule is CC1CCC(C(=O)N2CCCN(CCCCN)CC2)CC1. The zero-order valence-electron chi connectivity index (χ0n) is 13.7. The van der Waals surface area contributed by atoms with Crippen LogP contribution in [0.2, 0.25) is 0 Å². The molecule has 0 aromatic heterocycles. The second kappa shape index (κ2) is 8.74. The molecule has 0 aromatic rings. The lowest BCUT2D eigenvalue weighted by Crippen LogP contribution is -2.40. The number of carbonyl (C=O) groups is 1. The highest BCUT2D eigenvalue weighted by Crippen LogP contribution is 2.29. The summed E-state index contributed by atoms with van der Waals surface area (Å²) in [5.41, 5.74) is 5.56. The van der Waals surface area contributed by atoms with Gasteiger partial charge < -0.3 is 15.5 Å². The Labute approximate surface area is 130 Å². The highest BCUT2D eigenvalue weighted by molar-refractivity contribution is 5.79. The van der Waals surface area contributed by atoms with Gasteiger partial charge in [0.05, 0.1) is 0 Å². The molecular weight excluding hydrogens is 262 g/mol. The number of unbranched alkanes of at least 4 members (excludes halogenated alkanes) is 1. The molecule has 1 saturated carbocycles. The Hall–Kier alpha value is -0.610. The van der Waals surface area contributed by atoms with Gasteiger partial charge in [0.15, 0.2) is 0 Å². The van der Waals surface area contributed by atoms with Crippen molar-refractivity contribution in [1.82, 2.24) is 9.80 Å². The van der Waals surface area contributed by atoms with E-state index in [0.29, 0.717) is 11.8 Å². The minimum Gasteiger partial charge on any atom is -0.341 e. The molecule has 1 saturated heterocycles. The van der Waals surface area contributed by atoms with Crippen molar-refractivity contribution in [2.75, 3.05) is 39.3 Å². The van der Waals surface area contributed by atoms with Crippen molar-refractivity contribution in [1.29, 1.82) is 0 Å². The molecule has 4 heteroatoms. The first-order valence-electron chi connectivity index (χ1n) is 8.92. The highest BCUT2D eigenvalue weighted by atomic mass is 16.2. The molecular formula is C17H33N3O. The zero-order chi connectivity index (χ0) is 15.1. The lowest BCUT2D eigenvalue weighted by molar-refractivity contribution is -0.136. The van der Waals surface area contributed by atoms with E-state index in [0.717, 1.165) is 70.9 Å². The highest BCUT2D eigenvalue weighted by Gasteiger charge is 2.28. The van der Waals surface area contributed by atoms with Gasteiger partial charge in [0.2, 0.25) is 5.91 Å². The third-order valence-electron chi connectivity index (χ3n) is 5.19. The van der Waals surface area contributed by atoms with E-state index < -0.39 is 0 Å². The number of carbonyl (C=O) groups excluding carboxylic acids is 1. The van der Waals surface area contributed by atoms with Crippen LogP contribution >= 0.6 is 0 Å². The van der Waals surface area contributed by atoms with Crippen molar-refractivity contribution < 1.29 is 4.79 Å². The molecule has 2 rings (SSSR count). The van der Waals surface area contributed by atoms with Gasteiger partial charge in [-0.1, -0.05) is 6.92 Å². The van der Waals surface area contributed by atoms with E-state index in [-0.39, 0.29) is 0 Å². The van der Waals surface area contributed by atoms with Gasteiger partial charge in [0, 0.05) is 25.6 Å². The molecule has 2 N–H and O–H groups in total. The third kappa shape index (κ3) is 5.26. The van der Waals surface area contributed by atoms with E-state index in [1.807, 2.05) is 0 Å². The average Bonchev–Trinajstić information content (AvgIpc) is 2.73. The van der Waals surface area contributed by atoms with E-state index in [1.54, 1.807) is 0 Å². The molecule has 0 unspecified atom stereocenters. The maximum Gasteiger partial charge on any atom is 0.225 e. The van der Waals surface area contributed by atoms with Crippen LogP contribution < -0.4 is 5.73 Å². The largest absolute Gasteiger partial charge is 0.341 e. The Morgan fingerprint density at radius 1 is 1.05 bits per heavy atom. The van der Waals surface area contributed by atoms with E-state index in [9.17, 15) is 4.79 Å². The van der Waals surface area contributed by atoms with Crippen molar-refractivity contribution in [2.45, 2.75) is 51.9 Å². The van der Waals surface area contributed by atoms with Gasteiger partial charge >= 0.3 is 0 Å². The molecule has 1 aliphatic heterocycles. The predicted molar refractivity (Wildman–Crippen MR) is 87.0 cm³/mol. The Kier molecular flexibility index (Phi) is 6.97. The molecule has 1 heterocycles. The maximum absolute atomic E-state index is 12.7. The summed E-state index contributed by atoms with van der Waals surface area (Å²) in [6.07, 6.45) is 8.10. The van der Waals surface area contributed by atoms with Gasteiger partial charge in [-0.2, -0.15) is 0 Å².